The Kier molecular flexibility index (Phi) is 6.48. The molecule has 3 heterocycles. The molecule has 35 heavy (non-hydrogen) atoms. The highest BCUT2D eigenvalue weighted by Crippen LogP contribution is 2.35. The lowest BCUT2D eigenvalue weighted by atomic mass is 10.1. The summed E-state index contributed by atoms with van der Waals surface area (Å²) in [6, 6.07) is 11.1. The molecule has 184 valence electrons. The fourth-order valence-electron chi connectivity index (χ4n) is 4.39. The molecule has 2 aromatic carbocycles. The van der Waals surface area contributed by atoms with E-state index >= 15 is 8.78 Å². The first-order valence-corrected chi connectivity index (χ1v) is 11.9. The van der Waals surface area contributed by atoms with Crippen LogP contribution in [0.25, 0.3) is 21.9 Å². The minimum atomic E-state index is -3.98. The molecule has 2 N–H and O–H groups in total. The molecule has 10 heteroatoms. The molecule has 1 saturated heterocycles. The first kappa shape index (κ1) is 24.1. The topological polar surface area (TPSA) is 78.9 Å². The number of rotatable bonds is 7. The van der Waals surface area contributed by atoms with Crippen LogP contribution in [0.5, 0.6) is 0 Å². The lowest BCUT2D eigenvalue weighted by molar-refractivity contribution is -0.151. The number of furan rings is 2. The minimum Gasteiger partial charge on any atom is -0.458 e. The summed E-state index contributed by atoms with van der Waals surface area (Å²) >= 11 is 12.0. The minimum absolute atomic E-state index is 0.147. The number of amides is 1. The number of nitrogens with zero attached hydrogens (tertiary/aromatic N) is 1. The Bertz CT molecular complexity index is 1380. The predicted octanol–water partition coefficient (Wildman–Crippen LogP) is 5.89. The first-order chi connectivity index (χ1) is 16.7. The molecule has 1 amide bonds. The number of nitrogens with one attached hydrogen (secondary N) is 1. The maximum Gasteiger partial charge on any atom is 0.380 e. The smallest absolute Gasteiger partial charge is 0.380 e. The van der Waals surface area contributed by atoms with E-state index in [0.717, 1.165) is 32.0 Å². The molecule has 0 spiro atoms. The Morgan fingerprint density at radius 3 is 2.26 bits per heavy atom. The van der Waals surface area contributed by atoms with Gasteiger partial charge < -0.3 is 24.2 Å². The van der Waals surface area contributed by atoms with Crippen LogP contribution in [0.15, 0.2) is 57.4 Å². The number of fused-ring (bicyclic) bond motifs is 2. The van der Waals surface area contributed by atoms with Crippen LogP contribution in [0.3, 0.4) is 0 Å². The second kappa shape index (κ2) is 9.43. The zero-order chi connectivity index (χ0) is 24.7. The number of halogens is 4. The van der Waals surface area contributed by atoms with Crippen molar-refractivity contribution in [3.05, 3.63) is 70.1 Å². The number of aliphatic hydroxyl groups excluding tert-OH is 1. The monoisotopic (exact) mass is 522 g/mol. The summed E-state index contributed by atoms with van der Waals surface area (Å²) in [5, 5.41) is 15.3. The molecule has 1 fully saturated rings. The van der Waals surface area contributed by atoms with Crippen LogP contribution < -0.4 is 5.32 Å². The third-order valence-corrected chi connectivity index (χ3v) is 6.68. The first-order valence-electron chi connectivity index (χ1n) is 11.2. The number of benzene rings is 2. The van der Waals surface area contributed by atoms with Gasteiger partial charge in [0, 0.05) is 27.4 Å². The predicted molar refractivity (Wildman–Crippen MR) is 129 cm³/mol. The molecule has 0 radical (unpaired) electrons. The second-order valence-electron chi connectivity index (χ2n) is 8.73. The zero-order valence-electron chi connectivity index (χ0n) is 18.4. The van der Waals surface area contributed by atoms with Crippen LogP contribution in [-0.2, 0) is 10.7 Å². The number of carbonyl (C=O) groups excluding carboxylic acids is 1. The summed E-state index contributed by atoms with van der Waals surface area (Å²) in [6.07, 6.45) is 0.547. The maximum atomic E-state index is 15.2. The number of carbonyl (C=O) groups is 1. The summed E-state index contributed by atoms with van der Waals surface area (Å²) in [7, 11) is 0. The lowest BCUT2D eigenvalue weighted by Crippen LogP contribution is -2.50. The largest absolute Gasteiger partial charge is 0.458 e. The fraction of sp³-hybridized carbons (Fsp3) is 0.320. The van der Waals surface area contributed by atoms with Gasteiger partial charge in [-0.15, -0.1) is 0 Å². The van der Waals surface area contributed by atoms with Gasteiger partial charge in [0.05, 0.1) is 6.04 Å². The Morgan fingerprint density at radius 1 is 1.00 bits per heavy atom. The fourth-order valence-corrected chi connectivity index (χ4v) is 4.75. The summed E-state index contributed by atoms with van der Waals surface area (Å²) in [4.78, 5) is 14.8. The van der Waals surface area contributed by atoms with Crippen LogP contribution in [0.1, 0.15) is 30.5 Å². The Labute approximate surface area is 209 Å². The number of hydrogen-bond donors (Lipinski definition) is 2. The van der Waals surface area contributed by atoms with E-state index < -0.39 is 29.7 Å². The van der Waals surface area contributed by atoms with Gasteiger partial charge in [-0.2, -0.15) is 8.78 Å². The van der Waals surface area contributed by atoms with E-state index in [0.29, 0.717) is 26.4 Å². The van der Waals surface area contributed by atoms with Crippen molar-refractivity contribution in [2.75, 3.05) is 19.6 Å². The molecule has 0 unspecified atom stereocenters. The highest BCUT2D eigenvalue weighted by Gasteiger charge is 2.46. The second-order valence-corrected chi connectivity index (χ2v) is 9.60. The molecule has 0 bridgehead atoms. The van der Waals surface area contributed by atoms with Crippen LogP contribution in [0, 0.1) is 0 Å². The van der Waals surface area contributed by atoms with E-state index in [4.69, 9.17) is 32.0 Å². The summed E-state index contributed by atoms with van der Waals surface area (Å²) in [5.74, 6) is -6.21. The van der Waals surface area contributed by atoms with E-state index in [1.54, 1.807) is 24.3 Å². The molecular formula is C25H22Cl2F2N2O4. The number of alkyl halides is 2. The van der Waals surface area contributed by atoms with E-state index in [9.17, 15) is 9.90 Å². The van der Waals surface area contributed by atoms with E-state index in [-0.39, 0.29) is 17.9 Å². The Balaban J connectivity index is 1.41. The van der Waals surface area contributed by atoms with Crippen LogP contribution >= 0.6 is 23.2 Å². The Morgan fingerprint density at radius 2 is 1.60 bits per heavy atom. The molecular weight excluding hydrogens is 501 g/mol. The van der Waals surface area contributed by atoms with Crippen LogP contribution in [0.2, 0.25) is 10.0 Å². The van der Waals surface area contributed by atoms with Crippen molar-refractivity contribution in [1.82, 2.24) is 10.2 Å². The third-order valence-electron chi connectivity index (χ3n) is 6.21. The van der Waals surface area contributed by atoms with Crippen molar-refractivity contribution < 1.29 is 27.5 Å². The Hall–Kier alpha value is -2.65. The van der Waals surface area contributed by atoms with E-state index in [2.05, 4.69) is 5.32 Å². The molecule has 2 aromatic heterocycles. The van der Waals surface area contributed by atoms with Crippen molar-refractivity contribution in [2.45, 2.75) is 30.9 Å². The van der Waals surface area contributed by atoms with Crippen molar-refractivity contribution in [3.63, 3.8) is 0 Å². The van der Waals surface area contributed by atoms with E-state index in [1.165, 1.54) is 18.2 Å². The molecule has 6 nitrogen and oxygen atoms in total. The SMILES string of the molecule is O=C(N[C@H](CN1CCCC1)[C@H](O)c1cc2cc(Cl)ccc2o1)C(F)(F)c1cc2cc(Cl)ccc2o1. The van der Waals surface area contributed by atoms with Gasteiger partial charge in [-0.1, -0.05) is 23.2 Å². The van der Waals surface area contributed by atoms with Crippen molar-refractivity contribution >= 4 is 51.0 Å². The average Bonchev–Trinajstić information content (AvgIpc) is 3.57. The number of aliphatic hydroxyl groups is 1. The molecule has 4 aromatic rings. The highest BCUT2D eigenvalue weighted by molar-refractivity contribution is 6.31. The van der Waals surface area contributed by atoms with E-state index in [1.807, 2.05) is 4.90 Å². The molecule has 2 atom stereocenters. The van der Waals surface area contributed by atoms with Gasteiger partial charge in [-0.05, 0) is 74.5 Å². The summed E-state index contributed by atoms with van der Waals surface area (Å²) < 4.78 is 41.3. The molecule has 0 aliphatic carbocycles. The van der Waals surface area contributed by atoms with Gasteiger partial charge in [0.25, 0.3) is 5.91 Å². The van der Waals surface area contributed by atoms with Gasteiger partial charge in [0.1, 0.15) is 23.0 Å². The quantitative estimate of drug-likeness (QED) is 0.316. The van der Waals surface area contributed by atoms with Crippen molar-refractivity contribution in [2.24, 2.45) is 0 Å². The van der Waals surface area contributed by atoms with Gasteiger partial charge in [0.2, 0.25) is 0 Å². The molecule has 1 aliphatic rings. The van der Waals surface area contributed by atoms with Gasteiger partial charge >= 0.3 is 5.92 Å². The van der Waals surface area contributed by atoms with Crippen LogP contribution in [0.4, 0.5) is 8.78 Å². The molecule has 5 rings (SSSR count). The van der Waals surface area contributed by atoms with Crippen molar-refractivity contribution in [3.8, 4) is 0 Å². The standard InChI is InChI=1S/C25H22Cl2F2N2O4/c26-16-3-5-19-14(9-16)11-21(34-19)23(32)18(13-31-7-1-2-8-31)30-24(33)25(28,29)22-12-15-10-17(27)4-6-20(15)35-22/h3-6,9-12,18,23,32H,1-2,7-8,13H2,(H,30,33)/t18-,23+/m1/s1. The summed E-state index contributed by atoms with van der Waals surface area (Å²) in [5.41, 5.74) is 0.674. The van der Waals surface area contributed by atoms with Crippen molar-refractivity contribution in [1.29, 1.82) is 0 Å². The highest BCUT2D eigenvalue weighted by atomic mass is 35.5. The maximum absolute atomic E-state index is 15.2. The van der Waals surface area contributed by atoms with Crippen LogP contribution in [-0.4, -0.2) is 41.6 Å². The summed E-state index contributed by atoms with van der Waals surface area (Å²) in [6.45, 7) is 1.67. The number of likely N-dealkylation sites (tertiary alicyclic amines) is 1. The normalized spacial score (nSPS) is 16.7. The lowest BCUT2D eigenvalue weighted by Gasteiger charge is -2.28. The van der Waals surface area contributed by atoms with Gasteiger partial charge in [0.15, 0.2) is 5.76 Å². The molecule has 0 saturated carbocycles. The third kappa shape index (κ3) is 4.89. The molecule has 1 aliphatic heterocycles. The number of hydrogen-bond acceptors (Lipinski definition) is 5. The van der Waals surface area contributed by atoms with Gasteiger partial charge in [-0.25, -0.2) is 0 Å². The van der Waals surface area contributed by atoms with Gasteiger partial charge in [-0.3, -0.25) is 4.79 Å². The average molecular weight is 523 g/mol. The zero-order valence-corrected chi connectivity index (χ0v) is 20.0.